The van der Waals surface area contributed by atoms with Crippen LogP contribution in [0.5, 0.6) is 0 Å². The van der Waals surface area contributed by atoms with Gasteiger partial charge >= 0.3 is 0 Å². The number of aliphatic hydroxyl groups is 1. The molecule has 33 heavy (non-hydrogen) atoms. The molecule has 0 heterocycles. The van der Waals surface area contributed by atoms with Crippen LogP contribution in [0.15, 0.2) is 23.3 Å². The van der Waals surface area contributed by atoms with Crippen LogP contribution in [0.1, 0.15) is 113 Å². The van der Waals surface area contributed by atoms with Gasteiger partial charge in [0, 0.05) is 5.54 Å². The molecule has 3 saturated carbocycles. The highest BCUT2D eigenvalue weighted by molar-refractivity contribution is 5.32. The average molecular weight is 456 g/mol. The summed E-state index contributed by atoms with van der Waals surface area (Å²) in [5.74, 6) is 2.97. The maximum absolute atomic E-state index is 10.4. The van der Waals surface area contributed by atoms with Crippen molar-refractivity contribution >= 4 is 0 Å². The van der Waals surface area contributed by atoms with Gasteiger partial charge in [-0.3, -0.25) is 0 Å². The van der Waals surface area contributed by atoms with Crippen molar-refractivity contribution in [3.05, 3.63) is 23.3 Å². The van der Waals surface area contributed by atoms with Gasteiger partial charge in [0.05, 0.1) is 6.10 Å². The highest BCUT2D eigenvalue weighted by atomic mass is 16.3. The Morgan fingerprint density at radius 2 is 1.82 bits per heavy atom. The number of hydrogen-bond donors (Lipinski definition) is 2. The van der Waals surface area contributed by atoms with E-state index in [0.29, 0.717) is 11.3 Å². The molecule has 1 unspecified atom stereocenters. The molecule has 0 aromatic heterocycles. The molecule has 0 spiro atoms. The topological polar surface area (TPSA) is 32.3 Å². The van der Waals surface area contributed by atoms with Crippen LogP contribution < -0.4 is 5.32 Å². The second-order valence-corrected chi connectivity index (χ2v) is 13.5. The third-order valence-corrected chi connectivity index (χ3v) is 12.2. The zero-order valence-corrected chi connectivity index (χ0v) is 23.1. The van der Waals surface area contributed by atoms with Crippen LogP contribution in [0.4, 0.5) is 0 Å². The molecule has 0 saturated heterocycles. The summed E-state index contributed by atoms with van der Waals surface area (Å²) in [5.41, 5.74) is 4.35. The van der Waals surface area contributed by atoms with E-state index in [1.165, 1.54) is 44.9 Å². The number of nitrogens with one attached hydrogen (secondary N) is 1. The maximum atomic E-state index is 10.4. The Morgan fingerprint density at radius 3 is 2.45 bits per heavy atom. The predicted molar refractivity (Wildman–Crippen MR) is 141 cm³/mol. The van der Waals surface area contributed by atoms with Crippen molar-refractivity contribution in [2.45, 2.75) is 124 Å². The molecule has 4 aliphatic carbocycles. The van der Waals surface area contributed by atoms with Gasteiger partial charge in [0.15, 0.2) is 0 Å². The van der Waals surface area contributed by atoms with Crippen molar-refractivity contribution in [3.63, 3.8) is 0 Å². The minimum Gasteiger partial charge on any atom is -0.393 e. The summed E-state index contributed by atoms with van der Waals surface area (Å²) in [7, 11) is 2.28. The van der Waals surface area contributed by atoms with Crippen LogP contribution in [-0.2, 0) is 0 Å². The Bertz CT molecular complexity index is 797. The summed E-state index contributed by atoms with van der Waals surface area (Å²) in [4.78, 5) is 0. The number of rotatable bonds is 6. The maximum Gasteiger partial charge on any atom is 0.0577 e. The molecule has 0 bridgehead atoms. The minimum absolute atomic E-state index is 0.120. The lowest BCUT2D eigenvalue weighted by Gasteiger charge is -2.69. The second-order valence-electron chi connectivity index (χ2n) is 13.5. The van der Waals surface area contributed by atoms with Crippen molar-refractivity contribution in [1.29, 1.82) is 0 Å². The molecule has 188 valence electrons. The standard InChI is InChI=1S/C31H53NO/c1-9-23(21(2)3)11-10-22(4)26-14-19-31(32-8)29(26,6)18-15-27-28(5)16-13-25(33)20-24(28)12-17-30(27,31)7/h9,12,21-22,25-27,32-33H,10-11,13-20H2,1-8H3/b23-9+/t22-,25?,26-,27-,28+,29-,30-,31+/m1/s1. The Labute approximate surface area is 205 Å². The van der Waals surface area contributed by atoms with Crippen LogP contribution in [0, 0.1) is 39.9 Å². The summed E-state index contributed by atoms with van der Waals surface area (Å²) >= 11 is 0. The summed E-state index contributed by atoms with van der Waals surface area (Å²) in [6.07, 6.45) is 17.1. The van der Waals surface area contributed by atoms with Crippen LogP contribution in [0.25, 0.3) is 0 Å². The monoisotopic (exact) mass is 455 g/mol. The molecule has 2 N–H and O–H groups in total. The Hall–Kier alpha value is -0.600. The van der Waals surface area contributed by atoms with Crippen molar-refractivity contribution in [2.75, 3.05) is 7.05 Å². The Kier molecular flexibility index (Phi) is 6.80. The van der Waals surface area contributed by atoms with Crippen LogP contribution in [-0.4, -0.2) is 23.8 Å². The molecule has 3 fully saturated rings. The highest BCUT2D eigenvalue weighted by Crippen LogP contribution is 2.73. The van der Waals surface area contributed by atoms with Gasteiger partial charge in [-0.1, -0.05) is 64.8 Å². The molecule has 0 aliphatic heterocycles. The second kappa shape index (κ2) is 8.81. The molecular weight excluding hydrogens is 402 g/mol. The normalized spacial score (nSPS) is 46.4. The molecule has 4 rings (SSSR count). The van der Waals surface area contributed by atoms with Gasteiger partial charge in [-0.15, -0.1) is 0 Å². The number of fused-ring (bicyclic) bond motifs is 5. The quantitative estimate of drug-likeness (QED) is 0.403. The van der Waals surface area contributed by atoms with E-state index < -0.39 is 0 Å². The summed E-state index contributed by atoms with van der Waals surface area (Å²) in [6, 6.07) is 0. The van der Waals surface area contributed by atoms with E-state index in [1.54, 1.807) is 11.1 Å². The lowest BCUT2D eigenvalue weighted by atomic mass is 9.38. The van der Waals surface area contributed by atoms with Gasteiger partial charge < -0.3 is 10.4 Å². The van der Waals surface area contributed by atoms with E-state index >= 15 is 0 Å². The van der Waals surface area contributed by atoms with Crippen molar-refractivity contribution < 1.29 is 5.11 Å². The zero-order chi connectivity index (χ0) is 24.2. The van der Waals surface area contributed by atoms with Gasteiger partial charge in [0.1, 0.15) is 0 Å². The number of allylic oxidation sites excluding steroid dienone is 3. The Balaban J connectivity index is 1.64. The first-order chi connectivity index (χ1) is 15.5. The van der Waals surface area contributed by atoms with Crippen molar-refractivity contribution in [2.24, 2.45) is 39.9 Å². The zero-order valence-electron chi connectivity index (χ0n) is 23.1. The van der Waals surface area contributed by atoms with E-state index in [-0.39, 0.29) is 22.5 Å². The van der Waals surface area contributed by atoms with E-state index in [2.05, 4.69) is 73.0 Å². The molecule has 2 nitrogen and oxygen atoms in total. The molecule has 0 amide bonds. The van der Waals surface area contributed by atoms with Gasteiger partial charge in [0.25, 0.3) is 0 Å². The van der Waals surface area contributed by atoms with Crippen LogP contribution in [0.2, 0.25) is 0 Å². The average Bonchev–Trinajstić information content (AvgIpc) is 3.08. The molecule has 0 aromatic rings. The van der Waals surface area contributed by atoms with Crippen molar-refractivity contribution in [1.82, 2.24) is 5.32 Å². The molecule has 8 atom stereocenters. The summed E-state index contributed by atoms with van der Waals surface area (Å²) in [6.45, 7) is 17.4. The first kappa shape index (κ1) is 25.5. The largest absolute Gasteiger partial charge is 0.393 e. The SMILES string of the molecule is C/C=C(\CC[C@@H](C)[C@H]1CC[C@]2(NC)[C@]1(C)CC[C@@H]1[C@@]3(C)CCC(O)CC3=CC[C@]12C)C(C)C. The molecular formula is C31H53NO. The minimum atomic E-state index is -0.120. The predicted octanol–water partition coefficient (Wildman–Crippen LogP) is 7.68. The van der Waals surface area contributed by atoms with E-state index in [0.717, 1.165) is 37.0 Å². The summed E-state index contributed by atoms with van der Waals surface area (Å²) < 4.78 is 0. The summed E-state index contributed by atoms with van der Waals surface area (Å²) in [5, 5.41) is 14.5. The smallest absolute Gasteiger partial charge is 0.0577 e. The molecule has 0 radical (unpaired) electrons. The third kappa shape index (κ3) is 3.55. The lowest BCUT2D eigenvalue weighted by molar-refractivity contribution is -0.143. The van der Waals surface area contributed by atoms with Gasteiger partial charge in [-0.2, -0.15) is 0 Å². The Morgan fingerprint density at radius 1 is 1.09 bits per heavy atom. The first-order valence-corrected chi connectivity index (χ1v) is 14.2. The van der Waals surface area contributed by atoms with E-state index in [4.69, 9.17) is 0 Å². The van der Waals surface area contributed by atoms with Gasteiger partial charge in [0.2, 0.25) is 0 Å². The van der Waals surface area contributed by atoms with E-state index in [9.17, 15) is 5.11 Å². The fourth-order valence-corrected chi connectivity index (χ4v) is 10.3. The first-order valence-electron chi connectivity index (χ1n) is 14.2. The third-order valence-electron chi connectivity index (χ3n) is 12.2. The van der Waals surface area contributed by atoms with Gasteiger partial charge in [-0.25, -0.2) is 0 Å². The number of hydrogen-bond acceptors (Lipinski definition) is 2. The van der Waals surface area contributed by atoms with Crippen molar-refractivity contribution in [3.8, 4) is 0 Å². The molecule has 2 heteroatoms. The van der Waals surface area contributed by atoms with Gasteiger partial charge in [-0.05, 0) is 118 Å². The number of aliphatic hydroxyl groups excluding tert-OH is 1. The lowest BCUT2D eigenvalue weighted by Crippen LogP contribution is -2.71. The molecule has 0 aromatic carbocycles. The highest BCUT2D eigenvalue weighted by Gasteiger charge is 2.71. The van der Waals surface area contributed by atoms with E-state index in [1.807, 2.05) is 0 Å². The van der Waals surface area contributed by atoms with Crippen LogP contribution in [0.3, 0.4) is 0 Å². The van der Waals surface area contributed by atoms with Crippen LogP contribution >= 0.6 is 0 Å². The fourth-order valence-electron chi connectivity index (χ4n) is 10.3. The molecule has 4 aliphatic rings. The fraction of sp³-hybridized carbons (Fsp3) is 0.871.